The number of aryl methyl sites for hydroxylation is 1. The normalized spacial score (nSPS) is 20.9. The third-order valence-electron chi connectivity index (χ3n) is 3.30. The predicted octanol–water partition coefficient (Wildman–Crippen LogP) is 4.24. The zero-order chi connectivity index (χ0) is 13.0. The molecule has 100 valence electrons. The molecule has 2 unspecified atom stereocenters. The Labute approximate surface area is 114 Å². The van der Waals surface area contributed by atoms with Crippen LogP contribution in [0.25, 0.3) is 0 Å². The van der Waals surface area contributed by atoms with E-state index < -0.39 is 0 Å². The van der Waals surface area contributed by atoms with Crippen LogP contribution < -0.4 is 4.74 Å². The van der Waals surface area contributed by atoms with Crippen LogP contribution in [0.2, 0.25) is 0 Å². The molecular weight excluding hydrogens is 248 g/mol. The molecule has 0 radical (unpaired) electrons. The van der Waals surface area contributed by atoms with Crippen LogP contribution in [-0.4, -0.2) is 19.3 Å². The fourth-order valence-electron chi connectivity index (χ4n) is 2.39. The Morgan fingerprint density at radius 1 is 1.50 bits per heavy atom. The highest BCUT2D eigenvalue weighted by Gasteiger charge is 2.22. The summed E-state index contributed by atoms with van der Waals surface area (Å²) in [5.41, 5.74) is 2.31. The van der Waals surface area contributed by atoms with Gasteiger partial charge in [-0.25, -0.2) is 0 Å². The standard InChI is InChI=1S/C15H21ClO2/c1-3-17-15-7-6-11(2)9-13(15)14(16)10-12-5-4-8-18-12/h6-7,9,12,14H,3-5,8,10H2,1-2H3. The summed E-state index contributed by atoms with van der Waals surface area (Å²) in [6, 6.07) is 6.20. The van der Waals surface area contributed by atoms with E-state index in [2.05, 4.69) is 19.1 Å². The molecule has 1 saturated heterocycles. The van der Waals surface area contributed by atoms with Crippen molar-refractivity contribution in [3.8, 4) is 5.75 Å². The van der Waals surface area contributed by atoms with Crippen LogP contribution in [0, 0.1) is 6.92 Å². The molecule has 2 rings (SSSR count). The van der Waals surface area contributed by atoms with E-state index in [1.54, 1.807) is 0 Å². The third-order valence-corrected chi connectivity index (χ3v) is 3.71. The van der Waals surface area contributed by atoms with Gasteiger partial charge < -0.3 is 9.47 Å². The molecule has 2 nitrogen and oxygen atoms in total. The van der Waals surface area contributed by atoms with Crippen molar-refractivity contribution in [1.82, 2.24) is 0 Å². The molecule has 0 spiro atoms. The van der Waals surface area contributed by atoms with E-state index in [0.717, 1.165) is 37.2 Å². The second-order valence-corrected chi connectivity index (χ2v) is 5.34. The number of alkyl halides is 1. The summed E-state index contributed by atoms with van der Waals surface area (Å²) in [6.07, 6.45) is 3.45. The topological polar surface area (TPSA) is 18.5 Å². The Hall–Kier alpha value is -0.730. The van der Waals surface area contributed by atoms with Crippen LogP contribution >= 0.6 is 11.6 Å². The molecule has 18 heavy (non-hydrogen) atoms. The monoisotopic (exact) mass is 268 g/mol. The summed E-state index contributed by atoms with van der Waals surface area (Å²) in [6.45, 7) is 5.61. The van der Waals surface area contributed by atoms with Gasteiger partial charge in [-0.1, -0.05) is 17.7 Å². The first kappa shape index (κ1) is 13.7. The van der Waals surface area contributed by atoms with Crippen molar-refractivity contribution < 1.29 is 9.47 Å². The van der Waals surface area contributed by atoms with Gasteiger partial charge in [-0.15, -0.1) is 11.6 Å². The number of benzene rings is 1. The van der Waals surface area contributed by atoms with Gasteiger partial charge in [0.15, 0.2) is 0 Å². The second-order valence-electron chi connectivity index (χ2n) is 4.81. The largest absolute Gasteiger partial charge is 0.494 e. The highest BCUT2D eigenvalue weighted by Crippen LogP contribution is 2.36. The van der Waals surface area contributed by atoms with E-state index >= 15 is 0 Å². The van der Waals surface area contributed by atoms with Crippen molar-refractivity contribution in [3.63, 3.8) is 0 Å². The lowest BCUT2D eigenvalue weighted by molar-refractivity contribution is 0.103. The number of ether oxygens (including phenoxy) is 2. The lowest BCUT2D eigenvalue weighted by atomic mass is 10.0. The number of halogens is 1. The smallest absolute Gasteiger partial charge is 0.123 e. The molecule has 1 fully saturated rings. The van der Waals surface area contributed by atoms with E-state index in [4.69, 9.17) is 21.1 Å². The van der Waals surface area contributed by atoms with Crippen LogP contribution in [-0.2, 0) is 4.74 Å². The number of rotatable bonds is 5. The van der Waals surface area contributed by atoms with Gasteiger partial charge in [-0.2, -0.15) is 0 Å². The maximum atomic E-state index is 6.54. The summed E-state index contributed by atoms with van der Waals surface area (Å²) in [4.78, 5) is 0. The molecular formula is C15H21ClO2. The van der Waals surface area contributed by atoms with E-state index in [-0.39, 0.29) is 5.38 Å². The highest BCUT2D eigenvalue weighted by molar-refractivity contribution is 6.21. The Bertz CT molecular complexity index is 386. The maximum absolute atomic E-state index is 6.54. The molecule has 2 atom stereocenters. The molecule has 1 aromatic carbocycles. The number of hydrogen-bond donors (Lipinski definition) is 0. The third kappa shape index (κ3) is 3.39. The molecule has 3 heteroatoms. The van der Waals surface area contributed by atoms with Gasteiger partial charge in [0, 0.05) is 12.2 Å². The van der Waals surface area contributed by atoms with Gasteiger partial charge in [-0.3, -0.25) is 0 Å². The highest BCUT2D eigenvalue weighted by atomic mass is 35.5. The van der Waals surface area contributed by atoms with Crippen LogP contribution in [0.3, 0.4) is 0 Å². The fraction of sp³-hybridized carbons (Fsp3) is 0.600. The molecule has 0 aromatic heterocycles. The Morgan fingerprint density at radius 2 is 2.33 bits per heavy atom. The molecule has 1 heterocycles. The van der Waals surface area contributed by atoms with E-state index in [9.17, 15) is 0 Å². The van der Waals surface area contributed by atoms with Crippen molar-refractivity contribution >= 4 is 11.6 Å². The predicted molar refractivity (Wildman–Crippen MR) is 74.5 cm³/mol. The van der Waals surface area contributed by atoms with Gasteiger partial charge >= 0.3 is 0 Å². The summed E-state index contributed by atoms with van der Waals surface area (Å²) in [7, 11) is 0. The first-order valence-corrected chi connectivity index (χ1v) is 7.13. The Balaban J connectivity index is 2.11. The Kier molecular flexibility index (Phi) is 4.90. The average molecular weight is 269 g/mol. The molecule has 1 aliphatic rings. The molecule has 0 saturated carbocycles. The van der Waals surface area contributed by atoms with Gasteiger partial charge in [-0.05, 0) is 39.2 Å². The quantitative estimate of drug-likeness (QED) is 0.744. The van der Waals surface area contributed by atoms with Crippen molar-refractivity contribution in [1.29, 1.82) is 0 Å². The van der Waals surface area contributed by atoms with Crippen LogP contribution in [0.5, 0.6) is 5.75 Å². The van der Waals surface area contributed by atoms with Gasteiger partial charge in [0.2, 0.25) is 0 Å². The first-order valence-electron chi connectivity index (χ1n) is 6.69. The van der Waals surface area contributed by atoms with E-state index in [0.29, 0.717) is 12.7 Å². The minimum Gasteiger partial charge on any atom is -0.494 e. The summed E-state index contributed by atoms with van der Waals surface area (Å²) < 4.78 is 11.3. The van der Waals surface area contributed by atoms with Crippen molar-refractivity contribution in [2.24, 2.45) is 0 Å². The zero-order valence-corrected chi connectivity index (χ0v) is 11.9. The first-order chi connectivity index (χ1) is 8.70. The van der Waals surface area contributed by atoms with Gasteiger partial charge in [0.1, 0.15) is 5.75 Å². The molecule has 1 aromatic rings. The Morgan fingerprint density at radius 3 is 3.00 bits per heavy atom. The minimum absolute atomic E-state index is 0.0328. The van der Waals surface area contributed by atoms with Crippen molar-refractivity contribution in [2.75, 3.05) is 13.2 Å². The molecule has 0 N–H and O–H groups in total. The van der Waals surface area contributed by atoms with Crippen molar-refractivity contribution in [3.05, 3.63) is 29.3 Å². The second kappa shape index (κ2) is 6.44. The minimum atomic E-state index is -0.0328. The molecule has 1 aliphatic heterocycles. The molecule has 0 bridgehead atoms. The van der Waals surface area contributed by atoms with Crippen LogP contribution in [0.1, 0.15) is 42.7 Å². The fourth-order valence-corrected chi connectivity index (χ4v) is 2.76. The summed E-state index contributed by atoms with van der Waals surface area (Å²) >= 11 is 6.54. The summed E-state index contributed by atoms with van der Waals surface area (Å²) in [5.74, 6) is 0.904. The molecule has 0 aliphatic carbocycles. The maximum Gasteiger partial charge on any atom is 0.123 e. The lowest BCUT2D eigenvalue weighted by Gasteiger charge is -2.18. The summed E-state index contributed by atoms with van der Waals surface area (Å²) in [5, 5.41) is -0.0328. The van der Waals surface area contributed by atoms with Crippen LogP contribution in [0.4, 0.5) is 0 Å². The molecule has 0 amide bonds. The zero-order valence-electron chi connectivity index (χ0n) is 11.1. The van der Waals surface area contributed by atoms with E-state index in [1.807, 2.05) is 13.0 Å². The lowest BCUT2D eigenvalue weighted by Crippen LogP contribution is -2.09. The SMILES string of the molecule is CCOc1ccc(C)cc1C(Cl)CC1CCCO1. The average Bonchev–Trinajstić information content (AvgIpc) is 2.84. The number of hydrogen-bond acceptors (Lipinski definition) is 2. The van der Waals surface area contributed by atoms with Gasteiger partial charge in [0.25, 0.3) is 0 Å². The van der Waals surface area contributed by atoms with Gasteiger partial charge in [0.05, 0.1) is 18.1 Å². The van der Waals surface area contributed by atoms with E-state index in [1.165, 1.54) is 5.56 Å². The van der Waals surface area contributed by atoms with Crippen molar-refractivity contribution in [2.45, 2.75) is 44.6 Å². The van der Waals surface area contributed by atoms with Crippen LogP contribution in [0.15, 0.2) is 18.2 Å².